The van der Waals surface area contributed by atoms with Crippen LogP contribution < -0.4 is 10.5 Å². The first-order valence-electron chi connectivity index (χ1n) is 5.25. The molecule has 0 spiro atoms. The van der Waals surface area contributed by atoms with E-state index in [0.29, 0.717) is 23.0 Å². The lowest BCUT2D eigenvalue weighted by Crippen LogP contribution is -2.12. The zero-order valence-corrected chi connectivity index (χ0v) is 11.1. The van der Waals surface area contributed by atoms with Crippen molar-refractivity contribution in [3.63, 3.8) is 0 Å². The standard InChI is InChI=1S/C12H16ClNOS/c1-3-15-11-5-4-9(13)7-10(11)8(2)6-12(14)16/h4-5,7-8H,3,6H2,1-2H3,(H2,14,16). The van der Waals surface area contributed by atoms with Crippen molar-refractivity contribution in [1.29, 1.82) is 0 Å². The van der Waals surface area contributed by atoms with Crippen LogP contribution in [0, 0.1) is 0 Å². The van der Waals surface area contributed by atoms with Crippen molar-refractivity contribution in [1.82, 2.24) is 0 Å². The van der Waals surface area contributed by atoms with Gasteiger partial charge < -0.3 is 10.5 Å². The average molecular weight is 258 g/mol. The van der Waals surface area contributed by atoms with Gasteiger partial charge in [0.2, 0.25) is 0 Å². The van der Waals surface area contributed by atoms with Crippen molar-refractivity contribution in [2.45, 2.75) is 26.2 Å². The Morgan fingerprint density at radius 3 is 2.81 bits per heavy atom. The lowest BCUT2D eigenvalue weighted by atomic mass is 9.97. The molecule has 0 fully saturated rings. The van der Waals surface area contributed by atoms with Gasteiger partial charge in [0.05, 0.1) is 11.6 Å². The summed E-state index contributed by atoms with van der Waals surface area (Å²) in [5.41, 5.74) is 6.61. The molecule has 0 heterocycles. The Bertz CT molecular complexity index is 381. The normalized spacial score (nSPS) is 12.2. The minimum absolute atomic E-state index is 0.220. The van der Waals surface area contributed by atoms with Gasteiger partial charge in [-0.3, -0.25) is 0 Å². The fraction of sp³-hybridized carbons (Fsp3) is 0.417. The third-order valence-corrected chi connectivity index (χ3v) is 2.71. The maximum absolute atomic E-state index is 5.98. The van der Waals surface area contributed by atoms with Crippen LogP contribution in [0.4, 0.5) is 0 Å². The van der Waals surface area contributed by atoms with E-state index in [0.717, 1.165) is 11.3 Å². The third-order valence-electron chi connectivity index (χ3n) is 2.31. The number of ether oxygens (including phenoxy) is 1. The SMILES string of the molecule is CCOc1ccc(Cl)cc1C(C)CC(N)=S. The van der Waals surface area contributed by atoms with Crippen LogP contribution in [0.15, 0.2) is 18.2 Å². The van der Waals surface area contributed by atoms with Gasteiger partial charge in [-0.05, 0) is 36.6 Å². The molecule has 0 saturated carbocycles. The first-order chi connectivity index (χ1) is 7.54. The van der Waals surface area contributed by atoms with Crippen LogP contribution in [0.3, 0.4) is 0 Å². The van der Waals surface area contributed by atoms with E-state index in [4.69, 9.17) is 34.3 Å². The molecule has 1 rings (SSSR count). The van der Waals surface area contributed by atoms with Crippen molar-refractivity contribution in [2.75, 3.05) is 6.61 Å². The molecule has 0 aromatic heterocycles. The molecular formula is C12H16ClNOS. The molecule has 0 aliphatic heterocycles. The van der Waals surface area contributed by atoms with Gasteiger partial charge in [-0.25, -0.2) is 0 Å². The highest BCUT2D eigenvalue weighted by Crippen LogP contribution is 2.31. The van der Waals surface area contributed by atoms with Crippen molar-refractivity contribution in [3.05, 3.63) is 28.8 Å². The molecule has 1 atom stereocenters. The Morgan fingerprint density at radius 1 is 1.56 bits per heavy atom. The summed E-state index contributed by atoms with van der Waals surface area (Å²) in [6.45, 7) is 4.65. The van der Waals surface area contributed by atoms with Crippen molar-refractivity contribution in [2.24, 2.45) is 5.73 Å². The molecule has 2 nitrogen and oxygen atoms in total. The number of hydrogen-bond donors (Lipinski definition) is 1. The first-order valence-corrected chi connectivity index (χ1v) is 6.03. The highest BCUT2D eigenvalue weighted by molar-refractivity contribution is 7.80. The molecule has 0 bridgehead atoms. The predicted octanol–water partition coefficient (Wildman–Crippen LogP) is 3.52. The van der Waals surface area contributed by atoms with E-state index >= 15 is 0 Å². The number of hydrogen-bond acceptors (Lipinski definition) is 2. The van der Waals surface area contributed by atoms with Crippen LogP contribution in [0.1, 0.15) is 31.7 Å². The van der Waals surface area contributed by atoms with E-state index in [1.165, 1.54) is 0 Å². The number of thiocarbonyl (C=S) groups is 1. The fourth-order valence-electron chi connectivity index (χ4n) is 1.60. The first kappa shape index (κ1) is 13.3. The molecule has 0 aliphatic rings. The van der Waals surface area contributed by atoms with Gasteiger partial charge in [0.15, 0.2) is 0 Å². The molecule has 0 amide bonds. The summed E-state index contributed by atoms with van der Waals surface area (Å²) < 4.78 is 5.55. The summed E-state index contributed by atoms with van der Waals surface area (Å²) in [7, 11) is 0. The molecule has 88 valence electrons. The lowest BCUT2D eigenvalue weighted by Gasteiger charge is -2.16. The molecule has 4 heteroatoms. The molecular weight excluding hydrogens is 242 g/mol. The molecule has 0 saturated heterocycles. The lowest BCUT2D eigenvalue weighted by molar-refractivity contribution is 0.335. The minimum Gasteiger partial charge on any atom is -0.494 e. The van der Waals surface area contributed by atoms with Crippen LogP contribution >= 0.6 is 23.8 Å². The van der Waals surface area contributed by atoms with Crippen LogP contribution in [0.5, 0.6) is 5.75 Å². The highest BCUT2D eigenvalue weighted by Gasteiger charge is 2.13. The van der Waals surface area contributed by atoms with Crippen molar-refractivity contribution >= 4 is 28.8 Å². The van der Waals surface area contributed by atoms with Crippen molar-refractivity contribution in [3.8, 4) is 5.75 Å². The maximum atomic E-state index is 5.98. The van der Waals surface area contributed by atoms with Crippen LogP contribution in [-0.2, 0) is 0 Å². The Kier molecular flexibility index (Phi) is 5.03. The number of rotatable bonds is 5. The second kappa shape index (κ2) is 6.06. The Morgan fingerprint density at radius 2 is 2.25 bits per heavy atom. The van der Waals surface area contributed by atoms with Crippen LogP contribution in [0.2, 0.25) is 5.02 Å². The zero-order chi connectivity index (χ0) is 12.1. The third kappa shape index (κ3) is 3.65. The van der Waals surface area contributed by atoms with Gasteiger partial charge in [0.25, 0.3) is 0 Å². The Hall–Kier alpha value is -0.800. The summed E-state index contributed by atoms with van der Waals surface area (Å²) in [5, 5.41) is 0.702. The van der Waals surface area contributed by atoms with Gasteiger partial charge in [0.1, 0.15) is 5.75 Å². The van der Waals surface area contributed by atoms with Gasteiger partial charge in [-0.2, -0.15) is 0 Å². The van der Waals surface area contributed by atoms with E-state index < -0.39 is 0 Å². The van der Waals surface area contributed by atoms with E-state index in [1.54, 1.807) is 0 Å². The molecule has 1 unspecified atom stereocenters. The summed E-state index contributed by atoms with van der Waals surface area (Å²) in [5.74, 6) is 1.08. The molecule has 16 heavy (non-hydrogen) atoms. The van der Waals surface area contributed by atoms with E-state index in [1.807, 2.05) is 25.1 Å². The summed E-state index contributed by atoms with van der Waals surface area (Å²) in [6.07, 6.45) is 0.662. The Labute approximate surface area is 107 Å². The van der Waals surface area contributed by atoms with Gasteiger partial charge in [-0.1, -0.05) is 30.7 Å². The number of nitrogens with two attached hydrogens (primary N) is 1. The van der Waals surface area contributed by atoms with E-state index in [9.17, 15) is 0 Å². The Balaban J connectivity index is 2.98. The molecule has 1 aromatic rings. The van der Waals surface area contributed by atoms with Crippen molar-refractivity contribution < 1.29 is 4.74 Å². The van der Waals surface area contributed by atoms with Crippen LogP contribution in [0.25, 0.3) is 0 Å². The van der Waals surface area contributed by atoms with Gasteiger partial charge in [0, 0.05) is 11.4 Å². The van der Waals surface area contributed by atoms with Gasteiger partial charge in [-0.15, -0.1) is 0 Å². The summed E-state index contributed by atoms with van der Waals surface area (Å²) in [4.78, 5) is 0.509. The second-order valence-electron chi connectivity index (χ2n) is 3.69. The molecule has 2 N–H and O–H groups in total. The van der Waals surface area contributed by atoms with Crippen LogP contribution in [-0.4, -0.2) is 11.6 Å². The fourth-order valence-corrected chi connectivity index (χ4v) is 2.03. The van der Waals surface area contributed by atoms with E-state index in [2.05, 4.69) is 6.92 Å². The second-order valence-corrected chi connectivity index (χ2v) is 4.65. The monoisotopic (exact) mass is 257 g/mol. The number of halogens is 1. The largest absolute Gasteiger partial charge is 0.494 e. The molecule has 1 aromatic carbocycles. The number of benzene rings is 1. The zero-order valence-electron chi connectivity index (χ0n) is 9.50. The highest BCUT2D eigenvalue weighted by atomic mass is 35.5. The maximum Gasteiger partial charge on any atom is 0.122 e. The van der Waals surface area contributed by atoms with E-state index in [-0.39, 0.29) is 5.92 Å². The average Bonchev–Trinajstić information content (AvgIpc) is 2.20. The quantitative estimate of drug-likeness (QED) is 0.820. The molecule has 0 aliphatic carbocycles. The summed E-state index contributed by atoms with van der Waals surface area (Å²) >= 11 is 10.9. The topological polar surface area (TPSA) is 35.2 Å². The predicted molar refractivity (Wildman–Crippen MR) is 72.4 cm³/mol. The molecule has 0 radical (unpaired) electrons. The minimum atomic E-state index is 0.220. The van der Waals surface area contributed by atoms with Gasteiger partial charge >= 0.3 is 0 Å². The smallest absolute Gasteiger partial charge is 0.122 e. The summed E-state index contributed by atoms with van der Waals surface area (Å²) in [6, 6.07) is 5.62.